The smallest absolute Gasteiger partial charge is 0.425 e. The van der Waals surface area contributed by atoms with Gasteiger partial charge in [0, 0.05) is 0 Å². The predicted molar refractivity (Wildman–Crippen MR) is 56.1 cm³/mol. The Bertz CT molecular complexity index is 448. The van der Waals surface area contributed by atoms with Crippen LogP contribution in [0.15, 0.2) is 12.1 Å². The van der Waals surface area contributed by atoms with Crippen molar-refractivity contribution in [3.63, 3.8) is 0 Å². The Morgan fingerprint density at radius 1 is 1.44 bits per heavy atom. The third-order valence-corrected chi connectivity index (χ3v) is 2.03. The van der Waals surface area contributed by atoms with Crippen LogP contribution >= 0.6 is 0 Å². The van der Waals surface area contributed by atoms with E-state index < -0.39 is 24.1 Å². The van der Waals surface area contributed by atoms with Crippen LogP contribution in [0.25, 0.3) is 0 Å². The fraction of sp³-hybridized carbons (Fsp3) is 0.400. The Kier molecular flexibility index (Phi) is 4.00. The minimum absolute atomic E-state index is 0.0984. The number of aromatic nitrogens is 1. The van der Waals surface area contributed by atoms with Crippen molar-refractivity contribution in [3.05, 3.63) is 17.8 Å². The minimum Gasteiger partial charge on any atom is -0.464 e. The van der Waals surface area contributed by atoms with Gasteiger partial charge in [-0.2, -0.15) is 13.2 Å². The molecule has 0 amide bonds. The van der Waals surface area contributed by atoms with Gasteiger partial charge in [0.05, 0.1) is 12.8 Å². The zero-order valence-electron chi connectivity index (χ0n) is 9.62. The summed E-state index contributed by atoms with van der Waals surface area (Å²) in [7, 11) is 1.12. The number of rotatable bonds is 3. The Morgan fingerprint density at radius 2 is 2.06 bits per heavy atom. The molecule has 0 saturated carbocycles. The molecule has 5 nitrogen and oxygen atoms in total. The van der Waals surface area contributed by atoms with Gasteiger partial charge in [-0.15, -0.1) is 0 Å². The van der Waals surface area contributed by atoms with Gasteiger partial charge in [-0.1, -0.05) is 0 Å². The molecule has 1 atom stereocenters. The highest BCUT2D eigenvalue weighted by Gasteiger charge is 2.38. The first-order valence-corrected chi connectivity index (χ1v) is 4.84. The number of ether oxygens (including phenoxy) is 2. The van der Waals surface area contributed by atoms with Gasteiger partial charge in [0.2, 0.25) is 5.88 Å². The molecule has 100 valence electrons. The third kappa shape index (κ3) is 3.25. The maximum atomic E-state index is 12.3. The molecular weight excluding hydrogens is 253 g/mol. The molecule has 1 aromatic heterocycles. The number of methoxy groups -OCH3 is 1. The van der Waals surface area contributed by atoms with Gasteiger partial charge in [-0.05, 0) is 19.1 Å². The zero-order chi connectivity index (χ0) is 13.9. The van der Waals surface area contributed by atoms with Crippen molar-refractivity contribution in [2.24, 2.45) is 0 Å². The number of alkyl halides is 3. The fourth-order valence-corrected chi connectivity index (χ4v) is 0.998. The van der Waals surface area contributed by atoms with Gasteiger partial charge in [-0.25, -0.2) is 9.78 Å². The van der Waals surface area contributed by atoms with Crippen LogP contribution in [0.1, 0.15) is 17.4 Å². The standard InChI is InChI=1S/C10H11F3N2O3/c1-5(10(11,12)13)18-8-6(14)3-4-7(15-8)9(16)17-2/h3-5H,14H2,1-2H3. The number of carbonyl (C=O) groups excluding carboxylic acids is 1. The van der Waals surface area contributed by atoms with Gasteiger partial charge >= 0.3 is 12.1 Å². The zero-order valence-corrected chi connectivity index (χ0v) is 9.62. The molecule has 1 aromatic rings. The van der Waals surface area contributed by atoms with Crippen LogP contribution in [-0.4, -0.2) is 30.3 Å². The van der Waals surface area contributed by atoms with Gasteiger partial charge in [0.15, 0.2) is 11.8 Å². The first-order valence-electron chi connectivity index (χ1n) is 4.84. The van der Waals surface area contributed by atoms with E-state index in [1.807, 2.05) is 0 Å². The van der Waals surface area contributed by atoms with E-state index in [9.17, 15) is 18.0 Å². The Balaban J connectivity index is 2.98. The molecule has 0 radical (unpaired) electrons. The highest BCUT2D eigenvalue weighted by Crippen LogP contribution is 2.27. The molecule has 0 bridgehead atoms. The van der Waals surface area contributed by atoms with Crippen LogP contribution in [0.2, 0.25) is 0 Å². The number of hydrogen-bond donors (Lipinski definition) is 1. The first-order chi connectivity index (χ1) is 8.25. The van der Waals surface area contributed by atoms with E-state index in [4.69, 9.17) is 5.73 Å². The quantitative estimate of drug-likeness (QED) is 0.842. The molecule has 1 rings (SSSR count). The Hall–Kier alpha value is -1.99. The van der Waals surface area contributed by atoms with Crippen molar-refractivity contribution in [3.8, 4) is 5.88 Å². The molecule has 1 unspecified atom stereocenters. The average molecular weight is 264 g/mol. The molecule has 0 aliphatic rings. The molecule has 0 aromatic carbocycles. The van der Waals surface area contributed by atoms with Crippen LogP contribution < -0.4 is 10.5 Å². The lowest BCUT2D eigenvalue weighted by atomic mass is 10.3. The monoisotopic (exact) mass is 264 g/mol. The van der Waals surface area contributed by atoms with Gasteiger partial charge in [-0.3, -0.25) is 0 Å². The topological polar surface area (TPSA) is 74.4 Å². The van der Waals surface area contributed by atoms with Gasteiger partial charge in [0.1, 0.15) is 0 Å². The van der Waals surface area contributed by atoms with Crippen molar-refractivity contribution in [1.82, 2.24) is 4.98 Å². The predicted octanol–water partition coefficient (Wildman–Crippen LogP) is 1.78. The SMILES string of the molecule is COC(=O)c1ccc(N)c(OC(C)C(F)(F)F)n1. The summed E-state index contributed by atoms with van der Waals surface area (Å²) >= 11 is 0. The normalized spacial score (nSPS) is 12.9. The fourth-order valence-electron chi connectivity index (χ4n) is 0.998. The summed E-state index contributed by atoms with van der Waals surface area (Å²) in [5, 5.41) is 0. The maximum Gasteiger partial charge on any atom is 0.425 e. The summed E-state index contributed by atoms with van der Waals surface area (Å²) in [6.07, 6.45) is -6.63. The summed E-state index contributed by atoms with van der Waals surface area (Å²) < 4.78 is 45.9. The third-order valence-electron chi connectivity index (χ3n) is 2.03. The lowest BCUT2D eigenvalue weighted by Crippen LogP contribution is -2.31. The van der Waals surface area contributed by atoms with Crippen molar-refractivity contribution in [2.75, 3.05) is 12.8 Å². The average Bonchev–Trinajstić information content (AvgIpc) is 2.29. The molecule has 18 heavy (non-hydrogen) atoms. The van der Waals surface area contributed by atoms with E-state index in [0.717, 1.165) is 14.0 Å². The number of esters is 1. The van der Waals surface area contributed by atoms with Crippen LogP contribution in [-0.2, 0) is 4.74 Å². The summed E-state index contributed by atoms with van der Waals surface area (Å²) in [4.78, 5) is 14.7. The molecule has 0 aliphatic carbocycles. The number of carbonyl (C=O) groups is 1. The second-order valence-electron chi connectivity index (χ2n) is 3.38. The van der Waals surface area contributed by atoms with E-state index in [1.54, 1.807) is 0 Å². The number of nitrogen functional groups attached to an aromatic ring is 1. The lowest BCUT2D eigenvalue weighted by Gasteiger charge is -2.18. The molecule has 1 heterocycles. The number of nitrogens with two attached hydrogens (primary N) is 1. The van der Waals surface area contributed by atoms with Crippen LogP contribution in [0.4, 0.5) is 18.9 Å². The molecule has 0 aliphatic heterocycles. The van der Waals surface area contributed by atoms with Crippen molar-refractivity contribution >= 4 is 11.7 Å². The van der Waals surface area contributed by atoms with Gasteiger partial charge < -0.3 is 15.2 Å². The van der Waals surface area contributed by atoms with Gasteiger partial charge in [0.25, 0.3) is 0 Å². The van der Waals surface area contributed by atoms with E-state index in [1.165, 1.54) is 12.1 Å². The number of halogens is 3. The maximum absolute atomic E-state index is 12.3. The van der Waals surface area contributed by atoms with E-state index in [-0.39, 0.29) is 11.4 Å². The van der Waals surface area contributed by atoms with Crippen molar-refractivity contribution in [2.45, 2.75) is 19.2 Å². The van der Waals surface area contributed by atoms with E-state index in [0.29, 0.717) is 0 Å². The highest BCUT2D eigenvalue weighted by atomic mass is 19.4. The first kappa shape index (κ1) is 14.1. The van der Waals surface area contributed by atoms with Crippen LogP contribution in [0, 0.1) is 0 Å². The lowest BCUT2D eigenvalue weighted by molar-refractivity contribution is -0.189. The Morgan fingerprint density at radius 3 is 2.56 bits per heavy atom. The number of anilines is 1. The number of hydrogen-bond acceptors (Lipinski definition) is 5. The molecular formula is C10H11F3N2O3. The van der Waals surface area contributed by atoms with Crippen molar-refractivity contribution in [1.29, 1.82) is 0 Å². The minimum atomic E-state index is -4.55. The largest absolute Gasteiger partial charge is 0.464 e. The molecule has 0 fully saturated rings. The van der Waals surface area contributed by atoms with Crippen molar-refractivity contribution < 1.29 is 27.4 Å². The molecule has 2 N–H and O–H groups in total. The number of nitrogens with zero attached hydrogens (tertiary/aromatic N) is 1. The van der Waals surface area contributed by atoms with E-state index >= 15 is 0 Å². The van der Waals surface area contributed by atoms with Crippen LogP contribution in [0.3, 0.4) is 0 Å². The molecule has 8 heteroatoms. The summed E-state index contributed by atoms with van der Waals surface area (Å²) in [5.74, 6) is -1.25. The summed E-state index contributed by atoms with van der Waals surface area (Å²) in [6, 6.07) is 2.45. The second kappa shape index (κ2) is 5.11. The van der Waals surface area contributed by atoms with E-state index in [2.05, 4.69) is 14.5 Å². The number of pyridine rings is 1. The molecule has 0 saturated heterocycles. The molecule has 0 spiro atoms. The Labute approximate surface area is 101 Å². The second-order valence-corrected chi connectivity index (χ2v) is 3.38. The summed E-state index contributed by atoms with van der Waals surface area (Å²) in [6.45, 7) is 0.811. The van der Waals surface area contributed by atoms with Crippen LogP contribution in [0.5, 0.6) is 5.88 Å². The highest BCUT2D eigenvalue weighted by molar-refractivity contribution is 5.87. The summed E-state index contributed by atoms with van der Waals surface area (Å²) in [5.41, 5.74) is 5.13.